The highest BCUT2D eigenvalue weighted by atomic mass is 16.4. The summed E-state index contributed by atoms with van der Waals surface area (Å²) in [5.74, 6) is -0.956. The lowest BCUT2D eigenvalue weighted by Gasteiger charge is -2.21. The predicted octanol–water partition coefficient (Wildman–Crippen LogP) is 0.235. The predicted molar refractivity (Wildman–Crippen MR) is 61.6 cm³/mol. The Bertz CT molecular complexity index is 437. The molecule has 96 valence electrons. The molecule has 1 atom stereocenters. The van der Waals surface area contributed by atoms with Crippen molar-refractivity contribution in [3.8, 4) is 0 Å². The lowest BCUT2D eigenvalue weighted by molar-refractivity contribution is -0.141. The van der Waals surface area contributed by atoms with Gasteiger partial charge < -0.3 is 15.3 Å². The summed E-state index contributed by atoms with van der Waals surface area (Å²) in [6, 6.07) is 2.38. The minimum Gasteiger partial charge on any atom is -0.480 e. The smallest absolute Gasteiger partial charge is 0.326 e. The first kappa shape index (κ1) is 12.3. The lowest BCUT2D eigenvalue weighted by Crippen LogP contribution is -2.45. The maximum absolute atomic E-state index is 11.8. The van der Waals surface area contributed by atoms with Crippen molar-refractivity contribution in [3.63, 3.8) is 0 Å². The summed E-state index contributed by atoms with van der Waals surface area (Å²) in [4.78, 5) is 24.1. The number of hydrogen-bond donors (Lipinski definition) is 2. The third-order valence-electron chi connectivity index (χ3n) is 2.85. The van der Waals surface area contributed by atoms with Crippen molar-refractivity contribution in [2.24, 2.45) is 0 Å². The number of carboxylic acids is 1. The van der Waals surface area contributed by atoms with Gasteiger partial charge in [-0.05, 0) is 25.0 Å². The zero-order valence-electron chi connectivity index (χ0n) is 9.74. The number of likely N-dealkylation sites (tertiary alicyclic amines) is 1. The van der Waals surface area contributed by atoms with Gasteiger partial charge in [0.1, 0.15) is 6.04 Å². The number of hydrogen-bond acceptors (Lipinski definition) is 4. The van der Waals surface area contributed by atoms with Gasteiger partial charge in [0.05, 0.1) is 12.2 Å². The van der Waals surface area contributed by atoms with Crippen molar-refractivity contribution in [1.29, 1.82) is 0 Å². The maximum atomic E-state index is 11.8. The average molecular weight is 250 g/mol. The van der Waals surface area contributed by atoms with Crippen LogP contribution in [0.3, 0.4) is 0 Å². The zero-order valence-corrected chi connectivity index (χ0v) is 9.74. The van der Waals surface area contributed by atoms with Gasteiger partial charge in [-0.15, -0.1) is 0 Å². The minimum atomic E-state index is -0.956. The molecular weight excluding hydrogens is 236 g/mol. The van der Waals surface area contributed by atoms with Gasteiger partial charge in [-0.2, -0.15) is 10.2 Å². The Balaban J connectivity index is 1.90. The number of amides is 2. The van der Waals surface area contributed by atoms with E-state index in [1.54, 1.807) is 18.3 Å². The van der Waals surface area contributed by atoms with E-state index < -0.39 is 12.0 Å². The van der Waals surface area contributed by atoms with Crippen LogP contribution in [0.1, 0.15) is 18.5 Å². The molecule has 1 aliphatic rings. The number of nitrogens with zero attached hydrogens (tertiary/aromatic N) is 3. The van der Waals surface area contributed by atoms with Crippen LogP contribution < -0.4 is 5.32 Å². The SMILES string of the molecule is O=C(O)C1CCCN1C(=O)NCc1cccnn1. The Morgan fingerprint density at radius 2 is 2.39 bits per heavy atom. The molecule has 0 radical (unpaired) electrons. The first-order valence-electron chi connectivity index (χ1n) is 5.72. The molecule has 0 spiro atoms. The number of rotatable bonds is 3. The molecule has 7 nitrogen and oxygen atoms in total. The van der Waals surface area contributed by atoms with Crippen LogP contribution in [-0.4, -0.2) is 44.8 Å². The summed E-state index contributed by atoms with van der Waals surface area (Å²) >= 11 is 0. The van der Waals surface area contributed by atoms with Gasteiger partial charge in [-0.25, -0.2) is 9.59 Å². The fraction of sp³-hybridized carbons (Fsp3) is 0.455. The van der Waals surface area contributed by atoms with E-state index in [0.29, 0.717) is 18.7 Å². The molecule has 2 rings (SSSR count). The van der Waals surface area contributed by atoms with E-state index in [1.165, 1.54) is 4.90 Å². The molecule has 2 N–H and O–H groups in total. The fourth-order valence-corrected chi connectivity index (χ4v) is 1.96. The summed E-state index contributed by atoms with van der Waals surface area (Å²) in [7, 11) is 0. The van der Waals surface area contributed by atoms with E-state index in [9.17, 15) is 9.59 Å². The van der Waals surface area contributed by atoms with E-state index in [-0.39, 0.29) is 12.6 Å². The van der Waals surface area contributed by atoms with Crippen molar-refractivity contribution in [3.05, 3.63) is 24.0 Å². The van der Waals surface area contributed by atoms with E-state index in [1.807, 2.05) is 0 Å². The highest BCUT2D eigenvalue weighted by molar-refractivity contribution is 5.83. The van der Waals surface area contributed by atoms with Crippen LogP contribution in [0.2, 0.25) is 0 Å². The van der Waals surface area contributed by atoms with Gasteiger partial charge in [0.25, 0.3) is 0 Å². The Kier molecular flexibility index (Phi) is 3.71. The fourth-order valence-electron chi connectivity index (χ4n) is 1.96. The first-order valence-corrected chi connectivity index (χ1v) is 5.72. The molecule has 2 heterocycles. The molecule has 1 fully saturated rings. The molecule has 0 bridgehead atoms. The van der Waals surface area contributed by atoms with Gasteiger partial charge in [0, 0.05) is 12.7 Å². The molecule has 0 aromatic carbocycles. The van der Waals surface area contributed by atoms with Crippen LogP contribution in [0.5, 0.6) is 0 Å². The topological polar surface area (TPSA) is 95.4 Å². The molecule has 18 heavy (non-hydrogen) atoms. The summed E-state index contributed by atoms with van der Waals surface area (Å²) in [6.45, 7) is 0.721. The molecule has 1 aliphatic heterocycles. The Morgan fingerprint density at radius 3 is 3.06 bits per heavy atom. The van der Waals surface area contributed by atoms with Crippen molar-refractivity contribution < 1.29 is 14.7 Å². The molecule has 1 unspecified atom stereocenters. The standard InChI is InChI=1S/C11H14N4O3/c16-10(17)9-4-2-6-15(9)11(18)12-7-8-3-1-5-13-14-8/h1,3,5,9H,2,4,6-7H2,(H,12,18)(H,16,17). The second kappa shape index (κ2) is 5.44. The Hall–Kier alpha value is -2.18. The molecule has 1 aromatic heterocycles. The third kappa shape index (κ3) is 2.73. The Labute approximate surface area is 104 Å². The quantitative estimate of drug-likeness (QED) is 0.801. The van der Waals surface area contributed by atoms with Gasteiger partial charge in [0.15, 0.2) is 0 Å². The number of carbonyl (C=O) groups is 2. The minimum absolute atomic E-state index is 0.246. The monoisotopic (exact) mass is 250 g/mol. The van der Waals surface area contributed by atoms with Crippen LogP contribution in [0.25, 0.3) is 0 Å². The molecule has 2 amide bonds. The van der Waals surface area contributed by atoms with Crippen LogP contribution in [0.4, 0.5) is 4.79 Å². The van der Waals surface area contributed by atoms with Gasteiger partial charge >= 0.3 is 12.0 Å². The summed E-state index contributed by atoms with van der Waals surface area (Å²) in [6.07, 6.45) is 2.77. The summed E-state index contributed by atoms with van der Waals surface area (Å²) in [5, 5.41) is 19.1. The zero-order chi connectivity index (χ0) is 13.0. The van der Waals surface area contributed by atoms with Gasteiger partial charge in [0.2, 0.25) is 0 Å². The molecule has 0 aliphatic carbocycles. The molecular formula is C11H14N4O3. The van der Waals surface area contributed by atoms with Crippen LogP contribution >= 0.6 is 0 Å². The number of carbonyl (C=O) groups excluding carboxylic acids is 1. The summed E-state index contributed by atoms with van der Waals surface area (Å²) in [5.41, 5.74) is 0.636. The number of aromatic nitrogens is 2. The van der Waals surface area contributed by atoms with E-state index in [0.717, 1.165) is 6.42 Å². The number of urea groups is 1. The molecule has 0 saturated carbocycles. The first-order chi connectivity index (χ1) is 8.68. The van der Waals surface area contributed by atoms with Crippen molar-refractivity contribution in [1.82, 2.24) is 20.4 Å². The van der Waals surface area contributed by atoms with Crippen molar-refractivity contribution in [2.45, 2.75) is 25.4 Å². The largest absolute Gasteiger partial charge is 0.480 e. The van der Waals surface area contributed by atoms with Gasteiger partial charge in [-0.1, -0.05) is 0 Å². The van der Waals surface area contributed by atoms with E-state index in [2.05, 4.69) is 15.5 Å². The van der Waals surface area contributed by atoms with Crippen LogP contribution in [-0.2, 0) is 11.3 Å². The number of carboxylic acid groups (broad SMARTS) is 1. The second-order valence-electron chi connectivity index (χ2n) is 4.06. The van der Waals surface area contributed by atoms with E-state index in [4.69, 9.17) is 5.11 Å². The van der Waals surface area contributed by atoms with Gasteiger partial charge in [-0.3, -0.25) is 0 Å². The van der Waals surface area contributed by atoms with Crippen LogP contribution in [0, 0.1) is 0 Å². The maximum Gasteiger partial charge on any atom is 0.326 e. The Morgan fingerprint density at radius 1 is 1.56 bits per heavy atom. The number of nitrogens with one attached hydrogen (secondary N) is 1. The van der Waals surface area contributed by atoms with Crippen molar-refractivity contribution >= 4 is 12.0 Å². The average Bonchev–Trinajstić information content (AvgIpc) is 2.86. The highest BCUT2D eigenvalue weighted by Crippen LogP contribution is 2.17. The molecule has 7 heteroatoms. The molecule has 1 saturated heterocycles. The number of aliphatic carboxylic acids is 1. The highest BCUT2D eigenvalue weighted by Gasteiger charge is 2.33. The summed E-state index contributed by atoms with van der Waals surface area (Å²) < 4.78 is 0. The van der Waals surface area contributed by atoms with E-state index >= 15 is 0 Å². The van der Waals surface area contributed by atoms with Crippen molar-refractivity contribution in [2.75, 3.05) is 6.54 Å². The van der Waals surface area contributed by atoms with Crippen LogP contribution in [0.15, 0.2) is 18.3 Å². The molecule has 1 aromatic rings. The third-order valence-corrected chi connectivity index (χ3v) is 2.85. The normalized spacial score (nSPS) is 18.7. The second-order valence-corrected chi connectivity index (χ2v) is 4.06. The lowest BCUT2D eigenvalue weighted by atomic mass is 10.2.